The van der Waals surface area contributed by atoms with Crippen LogP contribution in [-0.4, -0.2) is 37.0 Å². The highest BCUT2D eigenvalue weighted by atomic mass is 79.9. The zero-order valence-electron chi connectivity index (χ0n) is 20.0. The number of anilines is 2. The lowest BCUT2D eigenvalue weighted by molar-refractivity contribution is -0.122. The van der Waals surface area contributed by atoms with Crippen LogP contribution in [0, 0.1) is 0 Å². The molecular weight excluding hydrogens is 578 g/mol. The third-order valence-corrected chi connectivity index (χ3v) is 6.04. The Kier molecular flexibility index (Phi) is 8.45. The summed E-state index contributed by atoms with van der Waals surface area (Å²) in [5.74, 6) is -1.47. The molecule has 0 spiro atoms. The number of hydrogen-bond acceptors (Lipinski definition) is 6. The molecule has 1 aliphatic rings. The Balaban J connectivity index is 1.59. The van der Waals surface area contributed by atoms with Crippen molar-refractivity contribution >= 4 is 68.7 Å². The number of rotatable bonds is 8. The van der Waals surface area contributed by atoms with E-state index in [4.69, 9.17) is 21.1 Å². The van der Waals surface area contributed by atoms with Crippen molar-refractivity contribution in [1.29, 1.82) is 0 Å². The van der Waals surface area contributed by atoms with Gasteiger partial charge >= 0.3 is 6.03 Å². The second kappa shape index (κ2) is 11.9. The summed E-state index contributed by atoms with van der Waals surface area (Å²) >= 11 is 9.43. The number of benzene rings is 3. The number of nitrogens with one attached hydrogen (secondary N) is 2. The van der Waals surface area contributed by atoms with Crippen molar-refractivity contribution in [1.82, 2.24) is 5.32 Å². The van der Waals surface area contributed by atoms with E-state index < -0.39 is 17.8 Å². The summed E-state index contributed by atoms with van der Waals surface area (Å²) in [6.07, 6.45) is 1.33. The number of para-hydroxylation sites is 1. The molecule has 2 N–H and O–H groups in total. The van der Waals surface area contributed by atoms with Gasteiger partial charge in [-0.3, -0.25) is 19.7 Å². The van der Waals surface area contributed by atoms with Gasteiger partial charge in [-0.25, -0.2) is 9.69 Å². The van der Waals surface area contributed by atoms with Crippen LogP contribution in [0.3, 0.4) is 0 Å². The predicted molar refractivity (Wildman–Crippen MR) is 146 cm³/mol. The van der Waals surface area contributed by atoms with Crippen molar-refractivity contribution in [2.45, 2.75) is 6.92 Å². The van der Waals surface area contributed by atoms with E-state index in [-0.39, 0.29) is 41.9 Å². The molecule has 1 heterocycles. The van der Waals surface area contributed by atoms with Gasteiger partial charge < -0.3 is 14.8 Å². The monoisotopic (exact) mass is 597 g/mol. The zero-order valence-corrected chi connectivity index (χ0v) is 22.3. The third-order valence-electron chi connectivity index (χ3n) is 5.22. The van der Waals surface area contributed by atoms with Crippen LogP contribution in [-0.2, 0) is 14.4 Å². The minimum absolute atomic E-state index is 0.215. The van der Waals surface area contributed by atoms with Crippen molar-refractivity contribution in [3.8, 4) is 11.5 Å². The third kappa shape index (κ3) is 6.21. The highest BCUT2D eigenvalue weighted by molar-refractivity contribution is 9.10. The maximum atomic E-state index is 13.2. The van der Waals surface area contributed by atoms with Gasteiger partial charge in [0.2, 0.25) is 0 Å². The van der Waals surface area contributed by atoms with Crippen molar-refractivity contribution < 1.29 is 28.7 Å². The van der Waals surface area contributed by atoms with Gasteiger partial charge in [-0.2, -0.15) is 0 Å². The van der Waals surface area contributed by atoms with Gasteiger partial charge in [0.05, 0.1) is 16.8 Å². The van der Waals surface area contributed by atoms with E-state index in [2.05, 4.69) is 26.6 Å². The molecule has 1 fully saturated rings. The van der Waals surface area contributed by atoms with Crippen LogP contribution in [0.25, 0.3) is 6.08 Å². The summed E-state index contributed by atoms with van der Waals surface area (Å²) in [6.45, 7) is 1.78. The molecule has 0 radical (unpaired) electrons. The smallest absolute Gasteiger partial charge is 0.335 e. The number of barbiturate groups is 1. The molecular formula is C27H21BrClN3O6. The second-order valence-electron chi connectivity index (χ2n) is 7.90. The van der Waals surface area contributed by atoms with E-state index in [0.29, 0.717) is 20.7 Å². The summed E-state index contributed by atoms with van der Waals surface area (Å²) < 4.78 is 11.8. The number of halogens is 2. The molecule has 194 valence electrons. The minimum atomic E-state index is -0.881. The number of carbonyl (C=O) groups excluding carboxylic acids is 4. The quantitative estimate of drug-likeness (QED) is 0.273. The maximum absolute atomic E-state index is 13.2. The standard InChI is InChI=1S/C27H21BrClN3O6/c1-2-37-22-13-16(12-21(28)24(22)38-15-23(33)30-18-8-4-3-5-9-18)11-20-25(34)31-27(36)32(26(20)35)19-10-6-7-17(29)14-19/h3-14H,2,15H2,1H3,(H,30,33)(H,31,34,36)/b20-11+. The van der Waals surface area contributed by atoms with E-state index in [0.717, 1.165) is 4.90 Å². The van der Waals surface area contributed by atoms with Crippen LogP contribution in [0.5, 0.6) is 11.5 Å². The van der Waals surface area contributed by atoms with Gasteiger partial charge in [0, 0.05) is 10.7 Å². The van der Waals surface area contributed by atoms with Gasteiger partial charge in [-0.1, -0.05) is 35.9 Å². The fourth-order valence-corrected chi connectivity index (χ4v) is 4.36. The molecule has 3 aromatic rings. The lowest BCUT2D eigenvalue weighted by Crippen LogP contribution is -2.54. The zero-order chi connectivity index (χ0) is 27.2. The van der Waals surface area contributed by atoms with Crippen molar-refractivity contribution in [3.05, 3.63) is 87.4 Å². The molecule has 38 heavy (non-hydrogen) atoms. The van der Waals surface area contributed by atoms with Gasteiger partial charge in [-0.05, 0) is 77.0 Å². The van der Waals surface area contributed by atoms with Crippen LogP contribution in [0.4, 0.5) is 16.2 Å². The molecule has 0 aliphatic carbocycles. The Bertz CT molecular complexity index is 1440. The van der Waals surface area contributed by atoms with Crippen molar-refractivity contribution in [2.24, 2.45) is 0 Å². The van der Waals surface area contributed by atoms with Gasteiger partial charge in [0.1, 0.15) is 5.57 Å². The first-order valence-corrected chi connectivity index (χ1v) is 12.5. The number of urea groups is 1. The first-order valence-electron chi connectivity index (χ1n) is 11.4. The maximum Gasteiger partial charge on any atom is 0.335 e. The van der Waals surface area contributed by atoms with Crippen LogP contribution in [0.2, 0.25) is 5.02 Å². The number of nitrogens with zero attached hydrogens (tertiary/aromatic N) is 1. The molecule has 9 nitrogen and oxygen atoms in total. The first-order chi connectivity index (χ1) is 18.3. The molecule has 0 bridgehead atoms. The van der Waals surface area contributed by atoms with Crippen LogP contribution in [0.1, 0.15) is 12.5 Å². The van der Waals surface area contributed by atoms with Gasteiger partial charge in [0.25, 0.3) is 17.7 Å². The Morgan fingerprint density at radius 2 is 1.82 bits per heavy atom. The summed E-state index contributed by atoms with van der Waals surface area (Å²) in [5, 5.41) is 5.22. The number of imide groups is 2. The molecule has 11 heteroatoms. The molecule has 0 aromatic heterocycles. The largest absolute Gasteiger partial charge is 0.490 e. The van der Waals surface area contributed by atoms with Crippen molar-refractivity contribution in [3.63, 3.8) is 0 Å². The average Bonchev–Trinajstić information content (AvgIpc) is 2.87. The Labute approximate surface area is 231 Å². The van der Waals surface area contributed by atoms with Gasteiger partial charge in [0.15, 0.2) is 18.1 Å². The highest BCUT2D eigenvalue weighted by Crippen LogP contribution is 2.38. The summed E-state index contributed by atoms with van der Waals surface area (Å²) in [4.78, 5) is 51.3. The number of carbonyl (C=O) groups is 4. The van der Waals surface area contributed by atoms with Gasteiger partial charge in [-0.15, -0.1) is 0 Å². The van der Waals surface area contributed by atoms with E-state index in [1.54, 1.807) is 55.5 Å². The predicted octanol–water partition coefficient (Wildman–Crippen LogP) is 5.19. The van der Waals surface area contributed by atoms with E-state index in [9.17, 15) is 19.2 Å². The molecule has 1 saturated heterocycles. The van der Waals surface area contributed by atoms with E-state index >= 15 is 0 Å². The fraction of sp³-hybridized carbons (Fsp3) is 0.111. The van der Waals surface area contributed by atoms with Crippen LogP contribution >= 0.6 is 27.5 Å². The lowest BCUT2D eigenvalue weighted by Gasteiger charge is -2.26. The minimum Gasteiger partial charge on any atom is -0.490 e. The highest BCUT2D eigenvalue weighted by Gasteiger charge is 2.37. The van der Waals surface area contributed by atoms with Crippen molar-refractivity contribution in [2.75, 3.05) is 23.4 Å². The Morgan fingerprint density at radius 3 is 2.53 bits per heavy atom. The lowest BCUT2D eigenvalue weighted by atomic mass is 10.1. The first kappa shape index (κ1) is 26.9. The summed E-state index contributed by atoms with van der Waals surface area (Å²) in [6, 6.07) is 17.4. The van der Waals surface area contributed by atoms with E-state index in [1.807, 2.05) is 6.07 Å². The Morgan fingerprint density at radius 1 is 1.05 bits per heavy atom. The number of hydrogen-bond donors (Lipinski definition) is 2. The number of amides is 5. The molecule has 0 unspecified atom stereocenters. The topological polar surface area (TPSA) is 114 Å². The Hall–Kier alpha value is -4.15. The second-order valence-corrected chi connectivity index (χ2v) is 9.19. The molecule has 4 rings (SSSR count). The van der Waals surface area contributed by atoms with Crippen LogP contribution < -0.4 is 25.0 Å². The van der Waals surface area contributed by atoms with Crippen LogP contribution in [0.15, 0.2) is 76.8 Å². The average molecular weight is 599 g/mol. The molecule has 5 amide bonds. The number of ether oxygens (including phenoxy) is 2. The van der Waals surface area contributed by atoms with E-state index in [1.165, 1.54) is 18.2 Å². The molecule has 1 aliphatic heterocycles. The molecule has 0 atom stereocenters. The summed E-state index contributed by atoms with van der Waals surface area (Å²) in [5.41, 5.74) is 0.996. The SMILES string of the molecule is CCOc1cc(/C=C2\C(=O)NC(=O)N(c3cccc(Cl)c3)C2=O)cc(Br)c1OCC(=O)Nc1ccccc1. The molecule has 3 aromatic carbocycles. The fourth-order valence-electron chi connectivity index (χ4n) is 3.60. The molecule has 0 saturated carbocycles. The summed E-state index contributed by atoms with van der Waals surface area (Å²) in [7, 11) is 0. The normalized spacial score (nSPS) is 14.3.